The smallest absolute Gasteiger partial charge is 0.217 e. The topological polar surface area (TPSA) is 74.0 Å². The van der Waals surface area contributed by atoms with E-state index in [0.717, 1.165) is 58.1 Å². The largest absolute Gasteiger partial charge is 0.370 e. The summed E-state index contributed by atoms with van der Waals surface area (Å²) in [7, 11) is 0. The maximum absolute atomic E-state index is 11.3. The van der Waals surface area contributed by atoms with E-state index < -0.39 is 0 Å². The lowest BCUT2D eigenvalue weighted by atomic mass is 9.95. The quantitative estimate of drug-likeness (QED) is 0.325. The van der Waals surface area contributed by atoms with Gasteiger partial charge in [-0.15, -0.1) is 24.0 Å². The Labute approximate surface area is 198 Å². The third kappa shape index (κ3) is 7.41. The molecule has 0 spiro atoms. The first-order valence-corrected chi connectivity index (χ1v) is 11.1. The van der Waals surface area contributed by atoms with Crippen LogP contribution in [0.5, 0.6) is 0 Å². The van der Waals surface area contributed by atoms with Crippen LogP contribution in [0.15, 0.2) is 35.3 Å². The fraction of sp³-hybridized carbons (Fsp3) is 0.652. The molecule has 0 bridgehead atoms. The van der Waals surface area contributed by atoms with Gasteiger partial charge in [0, 0.05) is 51.7 Å². The Kier molecular flexibility index (Phi) is 10.4. The lowest BCUT2D eigenvalue weighted by Gasteiger charge is -2.34. The Morgan fingerprint density at radius 2 is 2.00 bits per heavy atom. The highest BCUT2D eigenvalue weighted by atomic mass is 127. The molecule has 0 aliphatic carbocycles. The van der Waals surface area contributed by atoms with E-state index in [-0.39, 0.29) is 29.9 Å². The number of carbonyl (C=O) groups excluding carboxylic acids is 1. The molecule has 1 aromatic carbocycles. The van der Waals surface area contributed by atoms with Crippen molar-refractivity contribution >= 4 is 35.8 Å². The van der Waals surface area contributed by atoms with Crippen LogP contribution in [0.4, 0.5) is 0 Å². The standard InChI is InChI=1S/C23H37N5O.HI/c1-3-25-23(27-11-7-10-20(16-27)13-22(24)29)26-14-21-12-18(2)28(17-21)15-19-8-5-4-6-9-19;/h4-6,8-9,18,20-21H,3,7,10-17H2,1-2H3,(H2,24,29)(H,25,26);1H. The number of amides is 1. The van der Waals surface area contributed by atoms with Gasteiger partial charge in [0.2, 0.25) is 5.91 Å². The van der Waals surface area contributed by atoms with E-state index in [4.69, 9.17) is 10.7 Å². The first-order chi connectivity index (χ1) is 14.0. The molecular weight excluding hydrogens is 489 g/mol. The van der Waals surface area contributed by atoms with Crippen molar-refractivity contribution in [2.75, 3.05) is 32.7 Å². The van der Waals surface area contributed by atoms with E-state index in [9.17, 15) is 4.79 Å². The van der Waals surface area contributed by atoms with E-state index in [1.165, 1.54) is 12.0 Å². The van der Waals surface area contributed by atoms with Crippen LogP contribution in [0, 0.1) is 11.8 Å². The molecule has 2 heterocycles. The number of aliphatic imine (C=N–C) groups is 1. The summed E-state index contributed by atoms with van der Waals surface area (Å²) in [5.41, 5.74) is 6.80. The predicted molar refractivity (Wildman–Crippen MR) is 134 cm³/mol. The van der Waals surface area contributed by atoms with Crippen molar-refractivity contribution in [3.8, 4) is 0 Å². The normalized spacial score (nSPS) is 25.1. The van der Waals surface area contributed by atoms with Gasteiger partial charge >= 0.3 is 0 Å². The molecule has 0 radical (unpaired) electrons. The lowest BCUT2D eigenvalue weighted by molar-refractivity contribution is -0.119. The zero-order valence-electron chi connectivity index (χ0n) is 18.4. The van der Waals surface area contributed by atoms with Crippen LogP contribution in [0.2, 0.25) is 0 Å². The number of likely N-dealkylation sites (tertiary alicyclic amines) is 2. The SMILES string of the molecule is CCNC(=NCC1CC(C)N(Cc2ccccc2)C1)N1CCCC(CC(N)=O)C1.I. The van der Waals surface area contributed by atoms with Crippen LogP contribution >= 0.6 is 24.0 Å². The number of rotatable bonds is 7. The summed E-state index contributed by atoms with van der Waals surface area (Å²) < 4.78 is 0. The predicted octanol–water partition coefficient (Wildman–Crippen LogP) is 3.07. The van der Waals surface area contributed by atoms with Gasteiger partial charge in [0.1, 0.15) is 0 Å². The number of primary amides is 1. The van der Waals surface area contributed by atoms with Crippen molar-refractivity contribution < 1.29 is 4.79 Å². The molecule has 3 N–H and O–H groups in total. The Bertz CT molecular complexity index is 683. The number of hydrogen-bond acceptors (Lipinski definition) is 3. The number of benzene rings is 1. The van der Waals surface area contributed by atoms with Crippen LogP contribution in [0.25, 0.3) is 0 Å². The second-order valence-electron chi connectivity index (χ2n) is 8.69. The lowest BCUT2D eigenvalue weighted by Crippen LogP contribution is -2.47. The number of hydrogen-bond donors (Lipinski definition) is 2. The molecule has 1 amide bonds. The molecule has 168 valence electrons. The number of nitrogens with two attached hydrogens (primary N) is 1. The summed E-state index contributed by atoms with van der Waals surface area (Å²) in [6, 6.07) is 11.3. The van der Waals surface area contributed by atoms with E-state index in [1.807, 2.05) is 0 Å². The highest BCUT2D eigenvalue weighted by molar-refractivity contribution is 14.0. The third-order valence-electron chi connectivity index (χ3n) is 6.16. The summed E-state index contributed by atoms with van der Waals surface area (Å²) >= 11 is 0. The van der Waals surface area contributed by atoms with Crippen molar-refractivity contribution in [2.45, 2.75) is 52.1 Å². The third-order valence-corrected chi connectivity index (χ3v) is 6.16. The van der Waals surface area contributed by atoms with Gasteiger partial charge in [-0.3, -0.25) is 14.7 Å². The van der Waals surface area contributed by atoms with Crippen LogP contribution in [-0.4, -0.2) is 60.4 Å². The first kappa shape index (κ1) is 24.9. The number of halogens is 1. The molecule has 3 rings (SSSR count). The maximum atomic E-state index is 11.3. The molecule has 3 unspecified atom stereocenters. The molecule has 2 aliphatic heterocycles. The Balaban J connectivity index is 0.00000320. The zero-order chi connectivity index (χ0) is 20.6. The Morgan fingerprint density at radius 1 is 1.23 bits per heavy atom. The highest BCUT2D eigenvalue weighted by Crippen LogP contribution is 2.25. The fourth-order valence-corrected chi connectivity index (χ4v) is 4.74. The van der Waals surface area contributed by atoms with E-state index in [1.54, 1.807) is 0 Å². The Morgan fingerprint density at radius 3 is 2.70 bits per heavy atom. The minimum absolute atomic E-state index is 0. The van der Waals surface area contributed by atoms with Crippen molar-refractivity contribution in [1.82, 2.24) is 15.1 Å². The van der Waals surface area contributed by atoms with Crippen LogP contribution in [0.3, 0.4) is 0 Å². The van der Waals surface area contributed by atoms with Gasteiger partial charge in [0.05, 0.1) is 0 Å². The zero-order valence-corrected chi connectivity index (χ0v) is 20.8. The molecule has 7 heteroatoms. The fourth-order valence-electron chi connectivity index (χ4n) is 4.74. The molecular formula is C23H38IN5O. The molecule has 30 heavy (non-hydrogen) atoms. The minimum atomic E-state index is -0.197. The van der Waals surface area contributed by atoms with E-state index in [2.05, 4.69) is 59.3 Å². The van der Waals surface area contributed by atoms with Gasteiger partial charge in [0.25, 0.3) is 0 Å². The summed E-state index contributed by atoms with van der Waals surface area (Å²) in [6.07, 6.45) is 3.84. The molecule has 2 aliphatic rings. The molecule has 2 fully saturated rings. The first-order valence-electron chi connectivity index (χ1n) is 11.1. The summed E-state index contributed by atoms with van der Waals surface area (Å²) in [6.45, 7) is 10.1. The summed E-state index contributed by atoms with van der Waals surface area (Å²) in [4.78, 5) is 21.2. The van der Waals surface area contributed by atoms with E-state index in [0.29, 0.717) is 24.3 Å². The molecule has 2 saturated heterocycles. The van der Waals surface area contributed by atoms with E-state index >= 15 is 0 Å². The Hall–Kier alpha value is -1.35. The monoisotopic (exact) mass is 527 g/mol. The molecule has 0 saturated carbocycles. The molecule has 1 aromatic rings. The molecule has 6 nitrogen and oxygen atoms in total. The number of carbonyl (C=O) groups is 1. The average molecular weight is 527 g/mol. The maximum Gasteiger partial charge on any atom is 0.217 e. The van der Waals surface area contributed by atoms with Crippen LogP contribution in [-0.2, 0) is 11.3 Å². The van der Waals surface area contributed by atoms with Gasteiger partial charge in [-0.2, -0.15) is 0 Å². The van der Waals surface area contributed by atoms with Crippen molar-refractivity contribution in [3.05, 3.63) is 35.9 Å². The van der Waals surface area contributed by atoms with Gasteiger partial charge in [-0.05, 0) is 50.5 Å². The van der Waals surface area contributed by atoms with Crippen molar-refractivity contribution in [1.29, 1.82) is 0 Å². The highest BCUT2D eigenvalue weighted by Gasteiger charge is 2.29. The number of nitrogens with one attached hydrogen (secondary N) is 1. The van der Waals surface area contributed by atoms with Gasteiger partial charge < -0.3 is 16.0 Å². The number of nitrogens with zero attached hydrogens (tertiary/aromatic N) is 3. The summed E-state index contributed by atoms with van der Waals surface area (Å²) in [5, 5.41) is 3.46. The number of piperidine rings is 1. The van der Waals surface area contributed by atoms with Gasteiger partial charge in [0.15, 0.2) is 5.96 Å². The molecule has 0 aromatic heterocycles. The second-order valence-corrected chi connectivity index (χ2v) is 8.69. The van der Waals surface area contributed by atoms with Crippen LogP contribution in [0.1, 0.15) is 45.1 Å². The number of guanidine groups is 1. The van der Waals surface area contributed by atoms with Gasteiger partial charge in [-0.1, -0.05) is 30.3 Å². The molecule has 3 atom stereocenters. The van der Waals surface area contributed by atoms with Crippen molar-refractivity contribution in [3.63, 3.8) is 0 Å². The minimum Gasteiger partial charge on any atom is -0.370 e. The average Bonchev–Trinajstić information content (AvgIpc) is 3.05. The summed E-state index contributed by atoms with van der Waals surface area (Å²) in [5.74, 6) is 1.74. The second kappa shape index (κ2) is 12.5. The van der Waals surface area contributed by atoms with Gasteiger partial charge in [-0.25, -0.2) is 0 Å². The van der Waals surface area contributed by atoms with Crippen molar-refractivity contribution in [2.24, 2.45) is 22.6 Å². The van der Waals surface area contributed by atoms with Crippen LogP contribution < -0.4 is 11.1 Å².